The molecule has 9 rings (SSSR count). The quantitative estimate of drug-likeness (QED) is 0.162. The molecule has 59 heavy (non-hydrogen) atoms. The highest BCUT2D eigenvalue weighted by Crippen LogP contribution is 2.60. The van der Waals surface area contributed by atoms with E-state index in [0.717, 1.165) is 12.6 Å². The van der Waals surface area contributed by atoms with Gasteiger partial charge in [0, 0.05) is 5.41 Å². The molecule has 0 bridgehead atoms. The van der Waals surface area contributed by atoms with Gasteiger partial charge >= 0.3 is 13.8 Å². The first-order chi connectivity index (χ1) is 27.4. The van der Waals surface area contributed by atoms with Gasteiger partial charge in [-0.1, -0.05) is 161 Å². The van der Waals surface area contributed by atoms with Gasteiger partial charge in [-0.2, -0.15) is 0 Å². The zero-order valence-corrected chi connectivity index (χ0v) is 38.7. The fourth-order valence-electron chi connectivity index (χ4n) is 11.0. The van der Waals surface area contributed by atoms with Crippen LogP contribution >= 0.6 is 0 Å². The van der Waals surface area contributed by atoms with Gasteiger partial charge in [0.15, 0.2) is 0 Å². The number of benzene rings is 5. The third-order valence-electron chi connectivity index (χ3n) is 16.4. The van der Waals surface area contributed by atoms with E-state index in [1.807, 2.05) is 0 Å². The average Bonchev–Trinajstić information content (AvgIpc) is 3.74. The molecular weight excluding hydrogens is 714 g/mol. The summed E-state index contributed by atoms with van der Waals surface area (Å²) in [6.07, 6.45) is 2.01. The molecular formula is C55H66B2O2. The molecule has 4 aliphatic rings. The molecule has 304 valence electrons. The molecule has 1 atom stereocenters. The van der Waals surface area contributed by atoms with Crippen LogP contribution in [0.15, 0.2) is 97.1 Å². The summed E-state index contributed by atoms with van der Waals surface area (Å²) in [4.78, 5) is 0. The smallest absolute Gasteiger partial charge is 0.327 e. The molecule has 4 heteroatoms. The van der Waals surface area contributed by atoms with Gasteiger partial charge in [-0.25, -0.2) is 0 Å². The van der Waals surface area contributed by atoms with E-state index in [1.54, 1.807) is 0 Å². The van der Waals surface area contributed by atoms with Gasteiger partial charge < -0.3 is 9.31 Å². The summed E-state index contributed by atoms with van der Waals surface area (Å²) in [6, 6.07) is 39.0. The molecule has 0 aromatic heterocycles. The Balaban J connectivity index is 1.30. The topological polar surface area (TPSA) is 18.5 Å². The number of rotatable bonds is 5. The first-order valence-corrected chi connectivity index (χ1v) is 22.4. The van der Waals surface area contributed by atoms with Crippen LogP contribution in [0, 0.1) is 10.8 Å². The van der Waals surface area contributed by atoms with Crippen molar-refractivity contribution in [3.63, 3.8) is 0 Å². The van der Waals surface area contributed by atoms with Crippen LogP contribution in [0.1, 0.15) is 154 Å². The van der Waals surface area contributed by atoms with Crippen LogP contribution in [-0.2, 0) is 25.6 Å². The highest BCUT2D eigenvalue weighted by Gasteiger charge is 2.53. The van der Waals surface area contributed by atoms with Crippen LogP contribution in [0.3, 0.4) is 0 Å². The molecule has 1 unspecified atom stereocenters. The molecule has 0 spiro atoms. The Kier molecular flexibility index (Phi) is 8.82. The molecule has 2 aliphatic heterocycles. The monoisotopic (exact) mass is 781 g/mol. The van der Waals surface area contributed by atoms with Crippen molar-refractivity contribution in [3.8, 4) is 22.3 Å². The Labute approximate surface area is 357 Å². The zero-order valence-electron chi connectivity index (χ0n) is 38.7. The maximum Gasteiger partial charge on any atom is 0.327 e. The van der Waals surface area contributed by atoms with Crippen molar-refractivity contribution in [1.29, 1.82) is 0 Å². The van der Waals surface area contributed by atoms with Gasteiger partial charge in [-0.15, -0.1) is 0 Å². The molecule has 2 saturated heterocycles. The van der Waals surface area contributed by atoms with Gasteiger partial charge in [0.25, 0.3) is 0 Å². The molecule has 2 fully saturated rings. The van der Waals surface area contributed by atoms with Crippen LogP contribution in [0.4, 0.5) is 0 Å². The van der Waals surface area contributed by atoms with E-state index in [4.69, 9.17) is 9.31 Å². The summed E-state index contributed by atoms with van der Waals surface area (Å²) in [5.41, 5.74) is 17.9. The molecule has 5 aromatic carbocycles. The van der Waals surface area contributed by atoms with Gasteiger partial charge in [-0.3, -0.25) is 0 Å². The van der Waals surface area contributed by atoms with E-state index >= 15 is 0 Å². The summed E-state index contributed by atoms with van der Waals surface area (Å²) >= 11 is 0. The van der Waals surface area contributed by atoms with Crippen LogP contribution in [0.2, 0.25) is 12.6 Å². The summed E-state index contributed by atoms with van der Waals surface area (Å²) in [5, 5.41) is 0. The molecule has 0 saturated carbocycles. The molecule has 2 aliphatic carbocycles. The minimum atomic E-state index is -0.535. The second kappa shape index (κ2) is 12.8. The molecule has 2 nitrogen and oxygen atoms in total. The predicted octanol–water partition coefficient (Wildman–Crippen LogP) is 12.8. The maximum absolute atomic E-state index is 6.95. The van der Waals surface area contributed by atoms with Crippen molar-refractivity contribution < 1.29 is 9.31 Å². The van der Waals surface area contributed by atoms with E-state index in [-0.39, 0.29) is 46.7 Å². The number of fused-ring (bicyclic) bond motifs is 6. The van der Waals surface area contributed by atoms with Crippen LogP contribution in [-0.4, -0.2) is 25.0 Å². The minimum absolute atomic E-state index is 0.0308. The third-order valence-corrected chi connectivity index (χ3v) is 16.4. The lowest BCUT2D eigenvalue weighted by molar-refractivity contribution is 0.0374. The van der Waals surface area contributed by atoms with Crippen LogP contribution in [0.25, 0.3) is 22.3 Å². The molecule has 0 N–H and O–H groups in total. The van der Waals surface area contributed by atoms with Crippen molar-refractivity contribution in [2.75, 3.05) is 0 Å². The molecule has 5 aromatic rings. The minimum Gasteiger partial charge on any atom is -0.426 e. The Hall–Kier alpha value is -3.85. The number of hydrogen-bond donors (Lipinski definition) is 0. The lowest BCUT2D eigenvalue weighted by Crippen LogP contribution is -2.36. The van der Waals surface area contributed by atoms with Gasteiger partial charge in [-0.05, 0) is 152 Å². The normalized spacial score (nSPS) is 22.7. The van der Waals surface area contributed by atoms with E-state index in [0.29, 0.717) is 5.92 Å². The average molecular weight is 781 g/mol. The summed E-state index contributed by atoms with van der Waals surface area (Å²) in [6.45, 7) is 35.0. The fourth-order valence-corrected chi connectivity index (χ4v) is 11.0. The van der Waals surface area contributed by atoms with Crippen molar-refractivity contribution in [1.82, 2.24) is 0 Å². The summed E-state index contributed by atoms with van der Waals surface area (Å²) in [7, 11) is 0. The van der Waals surface area contributed by atoms with Crippen molar-refractivity contribution in [2.24, 2.45) is 10.8 Å². The Morgan fingerprint density at radius 2 is 0.898 bits per heavy atom. The second-order valence-electron chi connectivity index (χ2n) is 22.9. The fraction of sp³-hybridized carbons (Fsp3) is 0.455. The Morgan fingerprint density at radius 1 is 0.492 bits per heavy atom. The Bertz CT molecular complexity index is 2460. The lowest BCUT2D eigenvalue weighted by Gasteiger charge is -2.35. The Morgan fingerprint density at radius 3 is 1.36 bits per heavy atom. The summed E-state index contributed by atoms with van der Waals surface area (Å²) < 4.78 is 13.8. The molecule has 2 heterocycles. The van der Waals surface area contributed by atoms with Crippen molar-refractivity contribution in [2.45, 2.75) is 150 Å². The van der Waals surface area contributed by atoms with E-state index < -0.39 is 5.41 Å². The SMILES string of the molecule is CC(C)c1ccc(C2(c3ccc(C(C)(C)C)cc3)c3cc(B4CC(C)(C)C(C)(C)O4)ccc3-c3cc4c(cc32)-c2ccc(B3CC(C)(C)C(C)(C)O3)cc2C4(C)C)cc1. The van der Waals surface area contributed by atoms with Crippen LogP contribution in [0.5, 0.6) is 0 Å². The molecule has 0 amide bonds. The van der Waals surface area contributed by atoms with Gasteiger partial charge in [0.1, 0.15) is 0 Å². The van der Waals surface area contributed by atoms with Crippen molar-refractivity contribution >= 4 is 24.8 Å². The standard InChI is InChI=1S/C55H66B2O2/c1-34(2)35-16-18-37(19-17-35)55(38-22-20-36(21-23-38)49(3,4)5)47-29-40(57-33-51(8,9)54(14,15)59-57)25-27-42(47)44-30-46-43(31-48(44)55)41-26-24-39(28-45(41)52(46,10)11)56-32-50(6,7)53(12,13)58-56/h16-31,34H,32-33H2,1-15H3. The van der Waals surface area contributed by atoms with Gasteiger partial charge in [0.05, 0.1) is 16.6 Å². The highest BCUT2D eigenvalue weighted by molar-refractivity contribution is 6.68. The van der Waals surface area contributed by atoms with E-state index in [1.165, 1.54) is 77.7 Å². The molecule has 0 radical (unpaired) electrons. The lowest BCUT2D eigenvalue weighted by atomic mass is 9.53. The zero-order chi connectivity index (χ0) is 42.5. The van der Waals surface area contributed by atoms with Gasteiger partial charge in [0.2, 0.25) is 0 Å². The predicted molar refractivity (Wildman–Crippen MR) is 252 cm³/mol. The third kappa shape index (κ3) is 5.89. The second-order valence-corrected chi connectivity index (χ2v) is 22.9. The van der Waals surface area contributed by atoms with Crippen molar-refractivity contribution in [3.05, 3.63) is 142 Å². The maximum atomic E-state index is 6.95. The van der Waals surface area contributed by atoms with Crippen LogP contribution < -0.4 is 10.9 Å². The highest BCUT2D eigenvalue weighted by atomic mass is 16.5. The summed E-state index contributed by atoms with van der Waals surface area (Å²) in [5.74, 6) is 0.450. The first kappa shape index (κ1) is 40.6. The largest absolute Gasteiger partial charge is 0.426 e. The van der Waals surface area contributed by atoms with E-state index in [2.05, 4.69) is 201 Å². The van der Waals surface area contributed by atoms with E-state index in [9.17, 15) is 0 Å². The first-order valence-electron chi connectivity index (χ1n) is 22.4. The number of hydrogen-bond acceptors (Lipinski definition) is 2.